The lowest BCUT2D eigenvalue weighted by molar-refractivity contribution is 1.15. The fourth-order valence-corrected chi connectivity index (χ4v) is 8.70. The molecule has 0 aliphatic rings. The minimum atomic E-state index is 0.607. The lowest BCUT2D eigenvalue weighted by atomic mass is 9.99. The number of hydrogen-bond donors (Lipinski definition) is 0. The highest BCUT2D eigenvalue weighted by Gasteiger charge is 2.18. The van der Waals surface area contributed by atoms with Crippen LogP contribution in [0.3, 0.4) is 0 Å². The van der Waals surface area contributed by atoms with Crippen LogP contribution in [-0.4, -0.2) is 13.7 Å². The largest absolute Gasteiger partial charge is 0.309 e. The molecule has 3 heterocycles. The predicted octanol–water partition coefficient (Wildman–Crippen LogP) is 12.4. The first-order valence-corrected chi connectivity index (χ1v) is 18.3. The maximum atomic E-state index is 10.6. The standard InChI is InChI=1S/C50H29N5/c51-30-32-17-26-49-44(27-32)42-12-4-8-16-48(42)53(49)35-20-18-33(19-21-35)38-24-22-36(28-34(38)31-52)55-47-15-7-3-11-41(47)43-25-23-37(29-50(43)55)54-45-13-5-1-9-39(45)40-10-2-6-14-46(40)54/h1-29H. The summed E-state index contributed by atoms with van der Waals surface area (Å²) < 4.78 is 6.87. The number of rotatable bonds is 4. The van der Waals surface area contributed by atoms with Gasteiger partial charge >= 0.3 is 0 Å². The SMILES string of the molecule is N#Cc1ccc2c(c1)c1ccccc1n2-c1ccc(-c2ccc(-n3c4ccccc4c4ccc(-n5c6ccccc6c6ccccc65)cc43)cc2C#N)cc1. The Morgan fingerprint density at radius 1 is 0.327 bits per heavy atom. The molecule has 11 rings (SSSR count). The fraction of sp³-hybridized carbons (Fsp3) is 0. The molecule has 0 spiro atoms. The monoisotopic (exact) mass is 699 g/mol. The highest BCUT2D eigenvalue weighted by Crippen LogP contribution is 2.38. The Balaban J connectivity index is 1.04. The average molecular weight is 700 g/mol. The number of hydrogen-bond acceptors (Lipinski definition) is 2. The molecule has 0 N–H and O–H groups in total. The van der Waals surface area contributed by atoms with Gasteiger partial charge in [-0.05, 0) is 90.0 Å². The highest BCUT2D eigenvalue weighted by molar-refractivity contribution is 6.12. The van der Waals surface area contributed by atoms with Crippen molar-refractivity contribution in [1.29, 1.82) is 10.5 Å². The van der Waals surface area contributed by atoms with Gasteiger partial charge in [-0.3, -0.25) is 0 Å². The normalized spacial score (nSPS) is 11.6. The average Bonchev–Trinajstić information content (AvgIpc) is 3.88. The van der Waals surface area contributed by atoms with Crippen molar-refractivity contribution in [2.45, 2.75) is 0 Å². The van der Waals surface area contributed by atoms with Crippen molar-refractivity contribution in [3.63, 3.8) is 0 Å². The zero-order chi connectivity index (χ0) is 36.6. The molecule has 0 unspecified atom stereocenters. The highest BCUT2D eigenvalue weighted by atomic mass is 15.0. The van der Waals surface area contributed by atoms with Crippen LogP contribution in [0.1, 0.15) is 11.1 Å². The Hall–Kier alpha value is -7.86. The summed E-state index contributed by atoms with van der Waals surface area (Å²) >= 11 is 0. The lowest BCUT2D eigenvalue weighted by Crippen LogP contribution is -1.98. The Labute approximate surface area is 316 Å². The third-order valence-corrected chi connectivity index (χ3v) is 11.1. The van der Waals surface area contributed by atoms with Crippen LogP contribution >= 0.6 is 0 Å². The van der Waals surface area contributed by atoms with Gasteiger partial charge in [0.25, 0.3) is 0 Å². The van der Waals surface area contributed by atoms with Crippen molar-refractivity contribution in [2.75, 3.05) is 0 Å². The summed E-state index contributed by atoms with van der Waals surface area (Å²) in [5.74, 6) is 0. The van der Waals surface area contributed by atoms with Crippen LogP contribution in [0.15, 0.2) is 176 Å². The minimum Gasteiger partial charge on any atom is -0.309 e. The van der Waals surface area contributed by atoms with Crippen molar-refractivity contribution in [3.8, 4) is 40.3 Å². The summed E-state index contributed by atoms with van der Waals surface area (Å²) in [5.41, 5.74) is 12.7. The molecule has 0 fully saturated rings. The predicted molar refractivity (Wildman–Crippen MR) is 224 cm³/mol. The number of benzene rings is 8. The second kappa shape index (κ2) is 11.8. The van der Waals surface area contributed by atoms with Gasteiger partial charge in [0.05, 0.1) is 56.4 Å². The molecule has 0 saturated carbocycles. The van der Waals surface area contributed by atoms with E-state index < -0.39 is 0 Å². The summed E-state index contributed by atoms with van der Waals surface area (Å²) in [6, 6.07) is 66.0. The van der Waals surface area contributed by atoms with E-state index in [4.69, 9.17) is 0 Å². The molecular formula is C50H29N5. The van der Waals surface area contributed by atoms with E-state index in [1.54, 1.807) is 0 Å². The molecular weight excluding hydrogens is 671 g/mol. The third kappa shape index (κ3) is 4.51. The molecule has 0 saturated heterocycles. The van der Waals surface area contributed by atoms with Crippen LogP contribution in [0, 0.1) is 22.7 Å². The van der Waals surface area contributed by atoms with Crippen molar-refractivity contribution in [1.82, 2.24) is 13.7 Å². The first-order valence-electron chi connectivity index (χ1n) is 18.3. The molecule has 8 aromatic carbocycles. The van der Waals surface area contributed by atoms with Crippen LogP contribution in [0.4, 0.5) is 0 Å². The van der Waals surface area contributed by atoms with Gasteiger partial charge in [-0.25, -0.2) is 0 Å². The van der Waals surface area contributed by atoms with Gasteiger partial charge in [-0.15, -0.1) is 0 Å². The molecule has 0 amide bonds. The number of aromatic nitrogens is 3. The molecule has 0 aliphatic heterocycles. The number of nitriles is 2. The van der Waals surface area contributed by atoms with Crippen molar-refractivity contribution >= 4 is 65.4 Å². The summed E-state index contributed by atoms with van der Waals surface area (Å²) in [6.45, 7) is 0. The van der Waals surface area contributed by atoms with Crippen LogP contribution < -0.4 is 0 Å². The van der Waals surface area contributed by atoms with E-state index in [9.17, 15) is 10.5 Å². The first-order chi connectivity index (χ1) is 27.2. The lowest BCUT2D eigenvalue weighted by Gasteiger charge is -2.13. The van der Waals surface area contributed by atoms with Gasteiger partial charge in [-0.2, -0.15) is 10.5 Å². The minimum absolute atomic E-state index is 0.607. The maximum Gasteiger partial charge on any atom is 0.0998 e. The zero-order valence-electron chi connectivity index (χ0n) is 29.5. The Morgan fingerprint density at radius 2 is 0.782 bits per heavy atom. The third-order valence-electron chi connectivity index (χ3n) is 11.1. The second-order valence-corrected chi connectivity index (χ2v) is 14.0. The Kier molecular flexibility index (Phi) is 6.61. The summed E-state index contributed by atoms with van der Waals surface area (Å²) in [7, 11) is 0. The van der Waals surface area contributed by atoms with E-state index in [1.807, 2.05) is 36.4 Å². The maximum absolute atomic E-state index is 10.6. The van der Waals surface area contributed by atoms with Gasteiger partial charge < -0.3 is 13.7 Å². The van der Waals surface area contributed by atoms with Gasteiger partial charge in [0, 0.05) is 49.4 Å². The zero-order valence-corrected chi connectivity index (χ0v) is 29.5. The smallest absolute Gasteiger partial charge is 0.0998 e. The molecule has 0 atom stereocenters. The van der Waals surface area contributed by atoms with Crippen molar-refractivity contribution < 1.29 is 0 Å². The van der Waals surface area contributed by atoms with Crippen LogP contribution in [0.5, 0.6) is 0 Å². The van der Waals surface area contributed by atoms with E-state index in [1.165, 1.54) is 27.2 Å². The molecule has 254 valence electrons. The molecule has 11 aromatic rings. The van der Waals surface area contributed by atoms with E-state index in [0.717, 1.165) is 66.4 Å². The molecule has 55 heavy (non-hydrogen) atoms. The van der Waals surface area contributed by atoms with Crippen LogP contribution in [0.2, 0.25) is 0 Å². The second-order valence-electron chi connectivity index (χ2n) is 14.0. The Morgan fingerprint density at radius 3 is 1.36 bits per heavy atom. The molecule has 5 heteroatoms. The fourth-order valence-electron chi connectivity index (χ4n) is 8.70. The molecule has 0 bridgehead atoms. The summed E-state index contributed by atoms with van der Waals surface area (Å²) in [6.07, 6.45) is 0. The summed E-state index contributed by atoms with van der Waals surface area (Å²) in [4.78, 5) is 0. The number of nitrogens with zero attached hydrogens (tertiary/aromatic N) is 5. The Bertz CT molecular complexity index is 3400. The topological polar surface area (TPSA) is 62.4 Å². The van der Waals surface area contributed by atoms with Gasteiger partial charge in [0.2, 0.25) is 0 Å². The van der Waals surface area contributed by atoms with Crippen molar-refractivity contribution in [3.05, 3.63) is 187 Å². The van der Waals surface area contributed by atoms with Gasteiger partial charge in [0.1, 0.15) is 0 Å². The van der Waals surface area contributed by atoms with Crippen molar-refractivity contribution in [2.24, 2.45) is 0 Å². The number of para-hydroxylation sites is 4. The van der Waals surface area contributed by atoms with Crippen LogP contribution in [0.25, 0.3) is 93.6 Å². The molecule has 0 radical (unpaired) electrons. The van der Waals surface area contributed by atoms with E-state index >= 15 is 0 Å². The van der Waals surface area contributed by atoms with E-state index in [2.05, 4.69) is 165 Å². The van der Waals surface area contributed by atoms with Gasteiger partial charge in [0.15, 0.2) is 0 Å². The molecule has 0 aliphatic carbocycles. The van der Waals surface area contributed by atoms with Crippen LogP contribution in [-0.2, 0) is 0 Å². The van der Waals surface area contributed by atoms with Gasteiger partial charge in [-0.1, -0.05) is 97.1 Å². The number of fused-ring (bicyclic) bond motifs is 9. The van der Waals surface area contributed by atoms with E-state index in [-0.39, 0.29) is 0 Å². The summed E-state index contributed by atoms with van der Waals surface area (Å²) in [5, 5.41) is 27.1. The molecule has 5 nitrogen and oxygen atoms in total. The quantitative estimate of drug-likeness (QED) is 0.184. The molecule has 3 aromatic heterocycles. The van der Waals surface area contributed by atoms with E-state index in [0.29, 0.717) is 11.1 Å². The first kappa shape index (κ1) is 30.7.